The fourth-order valence-corrected chi connectivity index (χ4v) is 3.47. The molecule has 19 heavy (non-hydrogen) atoms. The van der Waals surface area contributed by atoms with Crippen molar-refractivity contribution in [2.45, 2.75) is 0 Å². The van der Waals surface area contributed by atoms with Gasteiger partial charge in [0.15, 0.2) is 18.1 Å². The molecule has 0 unspecified atom stereocenters. The number of methoxy groups -OCH3 is 1. The number of Topliss-reactive ketones (excluding diaryl/α,β-unsaturated/α-hetero) is 1. The third-order valence-corrected chi connectivity index (χ3v) is 4.87. The zero-order valence-corrected chi connectivity index (χ0v) is 14.0. The molecule has 1 aromatic carbocycles. The Kier molecular flexibility index (Phi) is 5.01. The second kappa shape index (κ2) is 6.54. The molecule has 0 spiro atoms. The summed E-state index contributed by atoms with van der Waals surface area (Å²) in [5.74, 6) is 1.05. The van der Waals surface area contributed by atoms with Crippen molar-refractivity contribution in [3.63, 3.8) is 0 Å². The summed E-state index contributed by atoms with van der Waals surface area (Å²) in [5, 5.41) is 1.86. The molecule has 1 aromatic heterocycles. The van der Waals surface area contributed by atoms with Gasteiger partial charge >= 0.3 is 0 Å². The van der Waals surface area contributed by atoms with Gasteiger partial charge < -0.3 is 9.47 Å². The van der Waals surface area contributed by atoms with Crippen LogP contribution in [0.15, 0.2) is 38.6 Å². The monoisotopic (exact) mass is 404 g/mol. The Balaban J connectivity index is 2.11. The van der Waals surface area contributed by atoms with Crippen LogP contribution in [0.4, 0.5) is 0 Å². The Morgan fingerprint density at radius 2 is 2.05 bits per heavy atom. The molecular weight excluding hydrogens is 396 g/mol. The zero-order valence-electron chi connectivity index (χ0n) is 9.98. The van der Waals surface area contributed by atoms with E-state index < -0.39 is 0 Å². The predicted octanol–water partition coefficient (Wildman–Crippen LogP) is 4.54. The number of carbonyl (C=O) groups is 1. The van der Waals surface area contributed by atoms with Crippen LogP contribution < -0.4 is 9.47 Å². The van der Waals surface area contributed by atoms with Crippen molar-refractivity contribution in [2.24, 2.45) is 0 Å². The molecule has 2 aromatic rings. The lowest BCUT2D eigenvalue weighted by Gasteiger charge is -2.11. The highest BCUT2D eigenvalue weighted by atomic mass is 79.9. The number of para-hydroxylation sites is 1. The number of thiophene rings is 1. The largest absolute Gasteiger partial charge is 0.493 e. The maximum atomic E-state index is 12.0. The second-order valence-electron chi connectivity index (χ2n) is 3.58. The maximum Gasteiger partial charge on any atom is 0.211 e. The number of benzene rings is 1. The van der Waals surface area contributed by atoms with Crippen molar-refractivity contribution in [1.29, 1.82) is 0 Å². The number of hydrogen-bond donors (Lipinski definition) is 0. The number of rotatable bonds is 5. The van der Waals surface area contributed by atoms with Gasteiger partial charge in [-0.1, -0.05) is 6.07 Å². The minimum atomic E-state index is -0.0697. The Morgan fingerprint density at radius 3 is 2.68 bits per heavy atom. The summed E-state index contributed by atoms with van der Waals surface area (Å²) >= 11 is 8.10. The first kappa shape index (κ1) is 14.6. The average molecular weight is 406 g/mol. The van der Waals surface area contributed by atoms with Gasteiger partial charge in [-0.05, 0) is 55.4 Å². The first-order valence-electron chi connectivity index (χ1n) is 5.35. The van der Waals surface area contributed by atoms with Crippen LogP contribution in [0.5, 0.6) is 11.5 Å². The van der Waals surface area contributed by atoms with Crippen LogP contribution in [0.3, 0.4) is 0 Å². The molecule has 0 aliphatic carbocycles. The van der Waals surface area contributed by atoms with E-state index in [-0.39, 0.29) is 12.4 Å². The van der Waals surface area contributed by atoms with Gasteiger partial charge in [-0.15, -0.1) is 11.3 Å². The summed E-state index contributed by atoms with van der Waals surface area (Å²) < 4.78 is 12.3. The molecule has 0 radical (unpaired) electrons. The summed E-state index contributed by atoms with van der Waals surface area (Å²) in [6.07, 6.45) is 0. The first-order chi connectivity index (χ1) is 9.13. The molecule has 0 aliphatic rings. The van der Waals surface area contributed by atoms with Gasteiger partial charge in [0.1, 0.15) is 0 Å². The smallest absolute Gasteiger partial charge is 0.211 e. The van der Waals surface area contributed by atoms with Crippen LogP contribution in [0.1, 0.15) is 9.67 Å². The van der Waals surface area contributed by atoms with Crippen molar-refractivity contribution >= 4 is 49.0 Å². The lowest BCUT2D eigenvalue weighted by atomic mass is 10.3. The molecular formula is C13H10Br2O3S. The third kappa shape index (κ3) is 3.38. The van der Waals surface area contributed by atoms with Crippen molar-refractivity contribution in [2.75, 3.05) is 13.7 Å². The molecule has 0 atom stereocenters. The van der Waals surface area contributed by atoms with Gasteiger partial charge in [0.2, 0.25) is 5.78 Å². The number of ketones is 1. The van der Waals surface area contributed by atoms with Gasteiger partial charge in [0.25, 0.3) is 0 Å². The standard InChI is InChI=1S/C13H10Br2O3S/c1-17-11-4-2-3-8(14)12(11)18-7-10(16)13-9(15)5-6-19-13/h2-6H,7H2,1H3. The van der Waals surface area contributed by atoms with Gasteiger partial charge in [-0.2, -0.15) is 0 Å². The van der Waals surface area contributed by atoms with Gasteiger partial charge in [-0.25, -0.2) is 0 Å². The second-order valence-corrected chi connectivity index (χ2v) is 6.21. The molecule has 0 amide bonds. The first-order valence-corrected chi connectivity index (χ1v) is 7.81. The maximum absolute atomic E-state index is 12.0. The van der Waals surface area contributed by atoms with Gasteiger partial charge in [0, 0.05) is 4.47 Å². The van der Waals surface area contributed by atoms with E-state index in [4.69, 9.17) is 9.47 Å². The van der Waals surface area contributed by atoms with E-state index in [1.807, 2.05) is 23.6 Å². The minimum Gasteiger partial charge on any atom is -0.493 e. The summed E-state index contributed by atoms with van der Waals surface area (Å²) in [6.45, 7) is -0.0297. The molecule has 0 fully saturated rings. The van der Waals surface area contributed by atoms with E-state index >= 15 is 0 Å². The van der Waals surface area contributed by atoms with E-state index in [1.165, 1.54) is 11.3 Å². The predicted molar refractivity (Wildman–Crippen MR) is 82.5 cm³/mol. The highest BCUT2D eigenvalue weighted by Gasteiger charge is 2.15. The molecule has 0 aliphatic heterocycles. The fraction of sp³-hybridized carbons (Fsp3) is 0.154. The summed E-state index contributed by atoms with van der Waals surface area (Å²) in [5.41, 5.74) is 0. The SMILES string of the molecule is COc1cccc(Br)c1OCC(=O)c1sccc1Br. The lowest BCUT2D eigenvalue weighted by Crippen LogP contribution is -2.11. The van der Waals surface area contributed by atoms with Crippen molar-refractivity contribution in [1.82, 2.24) is 0 Å². The van der Waals surface area contributed by atoms with Crippen LogP contribution >= 0.6 is 43.2 Å². The highest BCUT2D eigenvalue weighted by molar-refractivity contribution is 9.11. The van der Waals surface area contributed by atoms with Crippen LogP contribution in [-0.4, -0.2) is 19.5 Å². The Hall–Kier alpha value is -0.850. The third-order valence-electron chi connectivity index (χ3n) is 2.37. The van der Waals surface area contributed by atoms with Crippen LogP contribution in [0.25, 0.3) is 0 Å². The summed E-state index contributed by atoms with van der Waals surface area (Å²) in [6, 6.07) is 7.30. The summed E-state index contributed by atoms with van der Waals surface area (Å²) in [7, 11) is 1.56. The quantitative estimate of drug-likeness (QED) is 0.685. The van der Waals surface area contributed by atoms with E-state index in [1.54, 1.807) is 13.2 Å². The zero-order chi connectivity index (χ0) is 13.8. The van der Waals surface area contributed by atoms with Crippen LogP contribution in [-0.2, 0) is 0 Å². The Bertz CT molecular complexity index is 595. The molecule has 0 bridgehead atoms. The fourth-order valence-electron chi connectivity index (χ4n) is 1.49. The number of halogens is 2. The molecule has 3 nitrogen and oxygen atoms in total. The molecule has 0 saturated heterocycles. The number of hydrogen-bond acceptors (Lipinski definition) is 4. The Labute approximate surface area is 131 Å². The minimum absolute atomic E-state index is 0.0297. The Morgan fingerprint density at radius 1 is 1.26 bits per heavy atom. The van der Waals surface area contributed by atoms with Gasteiger partial charge in [0.05, 0.1) is 16.5 Å². The van der Waals surface area contributed by atoms with Crippen LogP contribution in [0, 0.1) is 0 Å². The van der Waals surface area contributed by atoms with E-state index in [9.17, 15) is 4.79 Å². The molecule has 2 rings (SSSR count). The van der Waals surface area contributed by atoms with Gasteiger partial charge in [-0.3, -0.25) is 4.79 Å². The molecule has 0 saturated carbocycles. The van der Waals surface area contributed by atoms with Crippen molar-refractivity contribution in [3.8, 4) is 11.5 Å². The lowest BCUT2D eigenvalue weighted by molar-refractivity contribution is 0.0922. The van der Waals surface area contributed by atoms with Crippen molar-refractivity contribution < 1.29 is 14.3 Å². The summed E-state index contributed by atoms with van der Waals surface area (Å²) in [4.78, 5) is 12.7. The normalized spacial score (nSPS) is 10.3. The van der Waals surface area contributed by atoms with Crippen LogP contribution in [0.2, 0.25) is 0 Å². The van der Waals surface area contributed by atoms with E-state index in [2.05, 4.69) is 31.9 Å². The molecule has 1 heterocycles. The van der Waals surface area contributed by atoms with Crippen molar-refractivity contribution in [3.05, 3.63) is 43.5 Å². The molecule has 0 N–H and O–H groups in total. The number of ether oxygens (including phenoxy) is 2. The topological polar surface area (TPSA) is 35.5 Å². The average Bonchev–Trinajstić information content (AvgIpc) is 2.83. The van der Waals surface area contributed by atoms with E-state index in [0.29, 0.717) is 16.4 Å². The molecule has 6 heteroatoms. The number of carbonyl (C=O) groups excluding carboxylic acids is 1. The van der Waals surface area contributed by atoms with E-state index in [0.717, 1.165) is 8.95 Å². The highest BCUT2D eigenvalue weighted by Crippen LogP contribution is 2.35. The molecule has 100 valence electrons.